The Bertz CT molecular complexity index is 342. The Morgan fingerprint density at radius 3 is 2.38 bits per heavy atom. The van der Waals surface area contributed by atoms with Gasteiger partial charge in [0.05, 0.1) is 12.5 Å². The molecule has 0 aromatic heterocycles. The third-order valence-electron chi connectivity index (χ3n) is 1.54. The second-order valence-corrected chi connectivity index (χ2v) is 2.51. The molecule has 0 amide bonds. The van der Waals surface area contributed by atoms with Crippen molar-refractivity contribution in [3.05, 3.63) is 41.5 Å². The molecular weight excluding hydrogens is 172 g/mol. The molecule has 1 aromatic rings. The number of benzene rings is 1. The third-order valence-corrected chi connectivity index (χ3v) is 1.54. The molecule has 0 aliphatic rings. The third kappa shape index (κ3) is 3.04. The standard InChI is InChI=1S/C10H7F2N/c11-10(12)7-9-3-1-8(2-4-9)5-6-13/h1-4,7H,5H2. The van der Waals surface area contributed by atoms with Crippen molar-refractivity contribution in [3.8, 4) is 6.07 Å². The van der Waals surface area contributed by atoms with Crippen LogP contribution in [0.15, 0.2) is 30.3 Å². The molecule has 0 heterocycles. The number of nitrogens with zero attached hydrogens (tertiary/aromatic N) is 1. The molecule has 0 aliphatic heterocycles. The first-order valence-corrected chi connectivity index (χ1v) is 3.71. The van der Waals surface area contributed by atoms with Gasteiger partial charge in [0.2, 0.25) is 0 Å². The Morgan fingerprint density at radius 1 is 1.31 bits per heavy atom. The molecule has 0 atom stereocenters. The average molecular weight is 179 g/mol. The van der Waals surface area contributed by atoms with Gasteiger partial charge in [0.25, 0.3) is 6.08 Å². The lowest BCUT2D eigenvalue weighted by Crippen LogP contribution is -1.80. The van der Waals surface area contributed by atoms with Crippen LogP contribution in [0.2, 0.25) is 0 Å². The van der Waals surface area contributed by atoms with Crippen molar-refractivity contribution in [2.75, 3.05) is 0 Å². The van der Waals surface area contributed by atoms with Gasteiger partial charge in [-0.2, -0.15) is 14.0 Å². The lowest BCUT2D eigenvalue weighted by Gasteiger charge is -1.94. The molecule has 0 saturated carbocycles. The van der Waals surface area contributed by atoms with Crippen molar-refractivity contribution >= 4 is 6.08 Å². The van der Waals surface area contributed by atoms with Crippen molar-refractivity contribution in [1.29, 1.82) is 5.26 Å². The van der Waals surface area contributed by atoms with Crippen molar-refractivity contribution in [2.45, 2.75) is 6.42 Å². The molecule has 0 spiro atoms. The highest BCUT2D eigenvalue weighted by Gasteiger charge is 1.93. The smallest absolute Gasteiger partial charge is 0.198 e. The summed E-state index contributed by atoms with van der Waals surface area (Å²) in [4.78, 5) is 0. The summed E-state index contributed by atoms with van der Waals surface area (Å²) in [5.41, 5.74) is 1.28. The second kappa shape index (κ2) is 4.36. The molecule has 1 nitrogen and oxygen atoms in total. The second-order valence-electron chi connectivity index (χ2n) is 2.51. The summed E-state index contributed by atoms with van der Waals surface area (Å²) in [6.45, 7) is 0. The van der Waals surface area contributed by atoms with Crippen molar-refractivity contribution < 1.29 is 8.78 Å². The molecule has 1 rings (SSSR count). The van der Waals surface area contributed by atoms with E-state index in [1.807, 2.05) is 6.07 Å². The molecular formula is C10H7F2N. The van der Waals surface area contributed by atoms with Gasteiger partial charge in [-0.15, -0.1) is 0 Å². The zero-order valence-electron chi connectivity index (χ0n) is 6.80. The minimum absolute atomic E-state index is 0.308. The van der Waals surface area contributed by atoms with Crippen molar-refractivity contribution in [2.24, 2.45) is 0 Å². The molecule has 0 unspecified atom stereocenters. The fraction of sp³-hybridized carbons (Fsp3) is 0.100. The first kappa shape index (κ1) is 9.40. The van der Waals surface area contributed by atoms with E-state index >= 15 is 0 Å². The Labute approximate surface area is 74.9 Å². The molecule has 0 fully saturated rings. The van der Waals surface area contributed by atoms with Gasteiger partial charge < -0.3 is 0 Å². The van der Waals surface area contributed by atoms with Gasteiger partial charge in [0.1, 0.15) is 0 Å². The molecule has 0 saturated heterocycles. The summed E-state index contributed by atoms with van der Waals surface area (Å²) in [7, 11) is 0. The monoisotopic (exact) mass is 179 g/mol. The molecule has 0 bridgehead atoms. The molecule has 0 N–H and O–H groups in total. The van der Waals surface area contributed by atoms with Gasteiger partial charge in [-0.1, -0.05) is 24.3 Å². The molecule has 66 valence electrons. The van der Waals surface area contributed by atoms with E-state index in [1.165, 1.54) is 0 Å². The summed E-state index contributed by atoms with van der Waals surface area (Å²) < 4.78 is 23.6. The highest BCUT2D eigenvalue weighted by Crippen LogP contribution is 2.10. The van der Waals surface area contributed by atoms with Gasteiger partial charge in [0.15, 0.2) is 0 Å². The minimum Gasteiger partial charge on any atom is -0.198 e. The summed E-state index contributed by atoms with van der Waals surface area (Å²) in [6, 6.07) is 8.43. The van der Waals surface area contributed by atoms with Crippen molar-refractivity contribution in [3.63, 3.8) is 0 Å². The summed E-state index contributed by atoms with van der Waals surface area (Å²) >= 11 is 0. The fourth-order valence-electron chi connectivity index (χ4n) is 0.949. The Balaban J connectivity index is 2.83. The zero-order valence-corrected chi connectivity index (χ0v) is 6.80. The van der Waals surface area contributed by atoms with Gasteiger partial charge in [-0.05, 0) is 11.1 Å². The lowest BCUT2D eigenvalue weighted by atomic mass is 10.1. The van der Waals surface area contributed by atoms with E-state index in [1.54, 1.807) is 24.3 Å². The molecule has 13 heavy (non-hydrogen) atoms. The number of nitriles is 1. The normalized spacial score (nSPS) is 9.00. The zero-order chi connectivity index (χ0) is 9.68. The highest BCUT2D eigenvalue weighted by atomic mass is 19.3. The topological polar surface area (TPSA) is 23.8 Å². The number of hydrogen-bond donors (Lipinski definition) is 0. The SMILES string of the molecule is N#CCc1ccc(C=C(F)F)cc1. The Hall–Kier alpha value is -1.69. The summed E-state index contributed by atoms with van der Waals surface area (Å²) in [6.07, 6.45) is -0.619. The summed E-state index contributed by atoms with van der Waals surface area (Å²) in [5, 5.41) is 8.35. The van der Waals surface area contributed by atoms with E-state index < -0.39 is 6.08 Å². The van der Waals surface area contributed by atoms with E-state index in [4.69, 9.17) is 5.26 Å². The number of halogens is 2. The summed E-state index contributed by atoms with van der Waals surface area (Å²) in [5.74, 6) is 0. The van der Waals surface area contributed by atoms with E-state index in [-0.39, 0.29) is 0 Å². The van der Waals surface area contributed by atoms with E-state index in [0.717, 1.165) is 11.6 Å². The van der Waals surface area contributed by atoms with Crippen LogP contribution >= 0.6 is 0 Å². The molecule has 0 radical (unpaired) electrons. The van der Waals surface area contributed by atoms with Crippen LogP contribution in [0.5, 0.6) is 0 Å². The maximum Gasteiger partial charge on any atom is 0.270 e. The molecule has 3 heteroatoms. The van der Waals surface area contributed by atoms with Crippen LogP contribution in [0.3, 0.4) is 0 Å². The van der Waals surface area contributed by atoms with Crippen molar-refractivity contribution in [1.82, 2.24) is 0 Å². The van der Waals surface area contributed by atoms with Crippen LogP contribution in [0.4, 0.5) is 8.78 Å². The van der Waals surface area contributed by atoms with Gasteiger partial charge >= 0.3 is 0 Å². The van der Waals surface area contributed by atoms with Crippen LogP contribution in [0.25, 0.3) is 6.08 Å². The van der Waals surface area contributed by atoms with Crippen LogP contribution in [-0.4, -0.2) is 0 Å². The molecule has 1 aromatic carbocycles. The van der Waals surface area contributed by atoms with E-state index in [2.05, 4.69) is 0 Å². The van der Waals surface area contributed by atoms with Crippen LogP contribution in [-0.2, 0) is 6.42 Å². The first-order chi connectivity index (χ1) is 6.22. The van der Waals surface area contributed by atoms with E-state index in [9.17, 15) is 8.78 Å². The minimum atomic E-state index is -1.71. The Kier molecular flexibility index (Phi) is 3.15. The highest BCUT2D eigenvalue weighted by molar-refractivity contribution is 5.50. The number of rotatable bonds is 2. The molecule has 0 aliphatic carbocycles. The van der Waals surface area contributed by atoms with Gasteiger partial charge in [-0.3, -0.25) is 0 Å². The van der Waals surface area contributed by atoms with Gasteiger partial charge in [0, 0.05) is 6.08 Å². The largest absolute Gasteiger partial charge is 0.270 e. The fourth-order valence-corrected chi connectivity index (χ4v) is 0.949. The Morgan fingerprint density at radius 2 is 1.92 bits per heavy atom. The maximum atomic E-state index is 11.8. The van der Waals surface area contributed by atoms with Crippen LogP contribution < -0.4 is 0 Å². The first-order valence-electron chi connectivity index (χ1n) is 3.71. The predicted molar refractivity (Wildman–Crippen MR) is 46.0 cm³/mol. The van der Waals surface area contributed by atoms with Crippen LogP contribution in [0, 0.1) is 11.3 Å². The van der Waals surface area contributed by atoms with Gasteiger partial charge in [-0.25, -0.2) is 0 Å². The quantitative estimate of drug-likeness (QED) is 0.684. The maximum absolute atomic E-state index is 11.8. The lowest BCUT2D eigenvalue weighted by molar-refractivity contribution is 0.429. The average Bonchev–Trinajstić information content (AvgIpc) is 2.08. The number of hydrogen-bond acceptors (Lipinski definition) is 1. The van der Waals surface area contributed by atoms with Crippen LogP contribution in [0.1, 0.15) is 11.1 Å². The van der Waals surface area contributed by atoms with E-state index in [0.29, 0.717) is 12.0 Å². The predicted octanol–water partition coefficient (Wildman–Crippen LogP) is 2.99.